The van der Waals surface area contributed by atoms with E-state index in [-0.39, 0.29) is 6.04 Å². The largest absolute Gasteiger partial charge is 0.361 e. The maximum atomic E-state index is 5.46. The maximum absolute atomic E-state index is 5.46. The summed E-state index contributed by atoms with van der Waals surface area (Å²) < 4.78 is 0. The topological polar surface area (TPSA) is 88.8 Å². The van der Waals surface area contributed by atoms with Gasteiger partial charge in [-0.1, -0.05) is 0 Å². The van der Waals surface area contributed by atoms with Crippen molar-refractivity contribution in [2.45, 2.75) is 33.7 Å². The van der Waals surface area contributed by atoms with Crippen LogP contribution in [0, 0.1) is 20.8 Å². The Morgan fingerprint density at radius 1 is 1.16 bits per heavy atom. The van der Waals surface area contributed by atoms with E-state index in [1.807, 2.05) is 26.2 Å². The molecule has 0 aliphatic heterocycles. The van der Waals surface area contributed by atoms with Gasteiger partial charge in [-0.2, -0.15) is 0 Å². The normalized spacial score (nSPS) is 12.3. The number of hydrogen-bond donors (Lipinski definition) is 3. The first-order valence-electron chi connectivity index (χ1n) is 6.01. The molecule has 1 atom stereocenters. The van der Waals surface area contributed by atoms with E-state index in [0.717, 1.165) is 22.1 Å². The maximum Gasteiger partial charge on any atom is 0.148 e. The molecule has 0 aliphatic carbocycles. The SMILES string of the molecule is Cc1csc(C(C)Nc2nc(C)nc(NN)c2C)n1. The van der Waals surface area contributed by atoms with Gasteiger partial charge in [0.2, 0.25) is 0 Å². The number of nitrogens with one attached hydrogen (secondary N) is 2. The molecule has 0 aliphatic rings. The second-order valence-corrected chi connectivity index (χ2v) is 5.32. The number of aryl methyl sites for hydroxylation is 2. The van der Waals surface area contributed by atoms with E-state index in [1.165, 1.54) is 0 Å². The third-order valence-corrected chi connectivity index (χ3v) is 3.90. The Labute approximate surface area is 116 Å². The number of nitrogens with zero attached hydrogens (tertiary/aromatic N) is 3. The van der Waals surface area contributed by atoms with Crippen molar-refractivity contribution in [3.8, 4) is 0 Å². The van der Waals surface area contributed by atoms with Gasteiger partial charge in [0.05, 0.1) is 6.04 Å². The predicted molar refractivity (Wildman–Crippen MR) is 78.2 cm³/mol. The highest BCUT2D eigenvalue weighted by atomic mass is 32.1. The first-order chi connectivity index (χ1) is 9.01. The molecule has 2 aromatic heterocycles. The first kappa shape index (κ1) is 13.7. The molecule has 0 aromatic carbocycles. The lowest BCUT2D eigenvalue weighted by molar-refractivity contribution is 0.846. The molecule has 1 unspecified atom stereocenters. The number of thiazole rings is 1. The zero-order valence-corrected chi connectivity index (χ0v) is 12.3. The second-order valence-electron chi connectivity index (χ2n) is 4.43. The average molecular weight is 278 g/mol. The smallest absolute Gasteiger partial charge is 0.148 e. The van der Waals surface area contributed by atoms with Crippen LogP contribution in [-0.2, 0) is 0 Å². The lowest BCUT2D eigenvalue weighted by Gasteiger charge is -2.16. The molecule has 6 nitrogen and oxygen atoms in total. The summed E-state index contributed by atoms with van der Waals surface area (Å²) in [6.45, 7) is 7.81. The number of anilines is 2. The number of hydrogen-bond acceptors (Lipinski definition) is 7. The zero-order chi connectivity index (χ0) is 14.0. The number of nitrogens with two attached hydrogens (primary N) is 1. The van der Waals surface area contributed by atoms with Crippen molar-refractivity contribution in [1.82, 2.24) is 15.0 Å². The summed E-state index contributed by atoms with van der Waals surface area (Å²) in [5, 5.41) is 6.43. The van der Waals surface area contributed by atoms with Gasteiger partial charge in [0.25, 0.3) is 0 Å². The summed E-state index contributed by atoms with van der Waals surface area (Å²) in [7, 11) is 0. The lowest BCUT2D eigenvalue weighted by atomic mass is 10.2. The molecule has 0 bridgehead atoms. The molecule has 7 heteroatoms. The third-order valence-electron chi connectivity index (χ3n) is 2.75. The van der Waals surface area contributed by atoms with E-state index in [0.29, 0.717) is 11.6 Å². The molecule has 2 rings (SSSR count). The Kier molecular flexibility index (Phi) is 3.96. The van der Waals surface area contributed by atoms with E-state index >= 15 is 0 Å². The summed E-state index contributed by atoms with van der Waals surface area (Å²) in [4.78, 5) is 13.1. The summed E-state index contributed by atoms with van der Waals surface area (Å²) in [5.41, 5.74) is 4.52. The Bertz CT molecular complexity index is 580. The summed E-state index contributed by atoms with van der Waals surface area (Å²) in [6, 6.07) is 0.0947. The number of hydrazine groups is 1. The van der Waals surface area contributed by atoms with Crippen LogP contribution in [0.15, 0.2) is 5.38 Å². The van der Waals surface area contributed by atoms with Crippen LogP contribution < -0.4 is 16.6 Å². The monoisotopic (exact) mass is 278 g/mol. The number of rotatable bonds is 4. The van der Waals surface area contributed by atoms with E-state index in [9.17, 15) is 0 Å². The molecular weight excluding hydrogens is 260 g/mol. The minimum Gasteiger partial charge on any atom is -0.361 e. The Morgan fingerprint density at radius 2 is 1.84 bits per heavy atom. The van der Waals surface area contributed by atoms with Crippen LogP contribution in [0.25, 0.3) is 0 Å². The van der Waals surface area contributed by atoms with Crippen molar-refractivity contribution < 1.29 is 0 Å². The van der Waals surface area contributed by atoms with Gasteiger partial charge >= 0.3 is 0 Å². The van der Waals surface area contributed by atoms with Crippen molar-refractivity contribution in [2.24, 2.45) is 5.84 Å². The molecule has 4 N–H and O–H groups in total. The molecule has 2 aromatic rings. The van der Waals surface area contributed by atoms with Gasteiger partial charge in [0.1, 0.15) is 22.5 Å². The fourth-order valence-corrected chi connectivity index (χ4v) is 2.55. The minimum absolute atomic E-state index is 0.0947. The van der Waals surface area contributed by atoms with Gasteiger partial charge in [-0.15, -0.1) is 11.3 Å². The van der Waals surface area contributed by atoms with E-state index in [2.05, 4.69) is 32.6 Å². The van der Waals surface area contributed by atoms with Crippen LogP contribution in [0.4, 0.5) is 11.6 Å². The first-order valence-corrected chi connectivity index (χ1v) is 6.89. The van der Waals surface area contributed by atoms with Crippen molar-refractivity contribution in [2.75, 3.05) is 10.7 Å². The van der Waals surface area contributed by atoms with Gasteiger partial charge in [0.15, 0.2) is 0 Å². The van der Waals surface area contributed by atoms with Crippen LogP contribution in [-0.4, -0.2) is 15.0 Å². The third kappa shape index (κ3) is 2.99. The molecule has 0 fully saturated rings. The molecule has 102 valence electrons. The molecule has 0 saturated heterocycles. The van der Waals surface area contributed by atoms with Crippen molar-refractivity contribution in [1.29, 1.82) is 0 Å². The van der Waals surface area contributed by atoms with Gasteiger partial charge in [-0.25, -0.2) is 20.8 Å². The highest BCUT2D eigenvalue weighted by Crippen LogP contribution is 2.25. The fraction of sp³-hybridized carbons (Fsp3) is 0.417. The zero-order valence-electron chi connectivity index (χ0n) is 11.5. The van der Waals surface area contributed by atoms with Crippen LogP contribution in [0.2, 0.25) is 0 Å². The number of aromatic nitrogens is 3. The van der Waals surface area contributed by atoms with Crippen molar-refractivity contribution in [3.63, 3.8) is 0 Å². The second kappa shape index (κ2) is 5.50. The van der Waals surface area contributed by atoms with Gasteiger partial charge < -0.3 is 10.7 Å². The van der Waals surface area contributed by atoms with Crippen LogP contribution in [0.1, 0.15) is 35.1 Å². The Hall–Kier alpha value is -1.73. The molecule has 0 radical (unpaired) electrons. The van der Waals surface area contributed by atoms with Gasteiger partial charge in [0, 0.05) is 16.6 Å². The highest BCUT2D eigenvalue weighted by Gasteiger charge is 2.14. The van der Waals surface area contributed by atoms with Gasteiger partial charge in [-0.3, -0.25) is 0 Å². The van der Waals surface area contributed by atoms with Crippen molar-refractivity contribution in [3.05, 3.63) is 27.5 Å². The Morgan fingerprint density at radius 3 is 2.42 bits per heavy atom. The molecule has 0 amide bonds. The minimum atomic E-state index is 0.0947. The van der Waals surface area contributed by atoms with Crippen LogP contribution >= 0.6 is 11.3 Å². The van der Waals surface area contributed by atoms with Crippen LogP contribution in [0.3, 0.4) is 0 Å². The van der Waals surface area contributed by atoms with E-state index in [1.54, 1.807) is 11.3 Å². The average Bonchev–Trinajstić information content (AvgIpc) is 2.80. The van der Waals surface area contributed by atoms with Crippen molar-refractivity contribution >= 4 is 23.0 Å². The van der Waals surface area contributed by atoms with Crippen LogP contribution in [0.5, 0.6) is 0 Å². The summed E-state index contributed by atoms with van der Waals surface area (Å²) in [6.07, 6.45) is 0. The summed E-state index contributed by atoms with van der Waals surface area (Å²) in [5.74, 6) is 7.54. The highest BCUT2D eigenvalue weighted by molar-refractivity contribution is 7.09. The lowest BCUT2D eigenvalue weighted by Crippen LogP contribution is -2.15. The predicted octanol–water partition coefficient (Wildman–Crippen LogP) is 2.32. The van der Waals surface area contributed by atoms with Gasteiger partial charge in [-0.05, 0) is 27.7 Å². The molecular formula is C12H18N6S. The quantitative estimate of drug-likeness (QED) is 0.587. The summed E-state index contributed by atoms with van der Waals surface area (Å²) >= 11 is 1.64. The number of nitrogen functional groups attached to an aromatic ring is 1. The molecule has 0 spiro atoms. The fourth-order valence-electron chi connectivity index (χ4n) is 1.75. The molecule has 0 saturated carbocycles. The standard InChI is InChI=1S/C12H18N6S/c1-6-5-19-12(14-6)8(3)15-10-7(2)11(18-13)17-9(4)16-10/h5,8H,13H2,1-4H3,(H2,15,16,17,18). The Balaban J connectivity index is 2.25. The molecule has 19 heavy (non-hydrogen) atoms. The van der Waals surface area contributed by atoms with E-state index in [4.69, 9.17) is 5.84 Å². The van der Waals surface area contributed by atoms with E-state index < -0.39 is 0 Å². The molecule has 2 heterocycles.